The third kappa shape index (κ3) is 6.51. The SMILES string of the molecule is C.CNC(C=S=O)c1ccc(-c2ccc3ncnc(Nc4ccc(OCc5cccc(F)c5)c(Cl)c4)c3c2)o1. The van der Waals surface area contributed by atoms with E-state index in [0.717, 1.165) is 16.5 Å². The molecule has 0 radical (unpaired) electrons. The lowest BCUT2D eigenvalue weighted by atomic mass is 10.1. The average Bonchev–Trinajstić information content (AvgIpc) is 3.41. The highest BCUT2D eigenvalue weighted by Gasteiger charge is 2.14. The van der Waals surface area contributed by atoms with Gasteiger partial charge in [-0.3, -0.25) is 0 Å². The molecule has 1 atom stereocenters. The molecule has 5 rings (SSSR count). The van der Waals surface area contributed by atoms with E-state index >= 15 is 0 Å². The number of benzene rings is 3. The van der Waals surface area contributed by atoms with Crippen molar-refractivity contribution in [2.24, 2.45) is 0 Å². The highest BCUT2D eigenvalue weighted by Crippen LogP contribution is 2.33. The fourth-order valence-corrected chi connectivity index (χ4v) is 4.55. The monoisotopic (exact) mass is 564 g/mol. The number of hydrogen-bond acceptors (Lipinski definition) is 7. The summed E-state index contributed by atoms with van der Waals surface area (Å²) < 4.78 is 36.2. The Balaban J connectivity index is 0.00000353. The Labute approximate surface area is 234 Å². The van der Waals surface area contributed by atoms with Crippen LogP contribution in [0.2, 0.25) is 5.02 Å². The van der Waals surface area contributed by atoms with E-state index in [1.807, 2.05) is 36.4 Å². The number of ether oxygens (including phenoxy) is 1. The van der Waals surface area contributed by atoms with Crippen LogP contribution in [0.3, 0.4) is 0 Å². The normalized spacial score (nSPS) is 11.5. The first-order chi connectivity index (χ1) is 18.5. The minimum atomic E-state index is -0.316. The minimum absolute atomic E-state index is 0. The first-order valence-electron chi connectivity index (χ1n) is 11.6. The molecule has 1 unspecified atom stereocenters. The van der Waals surface area contributed by atoms with Gasteiger partial charge >= 0.3 is 0 Å². The molecular weight excluding hydrogens is 539 g/mol. The number of rotatable bonds is 9. The summed E-state index contributed by atoms with van der Waals surface area (Å²) in [6, 6.07) is 20.7. The van der Waals surface area contributed by atoms with Crippen molar-refractivity contribution in [2.45, 2.75) is 20.1 Å². The van der Waals surface area contributed by atoms with Gasteiger partial charge in [0.15, 0.2) is 0 Å². The molecule has 2 N–H and O–H groups in total. The van der Waals surface area contributed by atoms with Gasteiger partial charge in [-0.2, -0.15) is 0 Å². The van der Waals surface area contributed by atoms with Gasteiger partial charge in [0.25, 0.3) is 0 Å². The summed E-state index contributed by atoms with van der Waals surface area (Å²) in [5.74, 6) is 2.06. The van der Waals surface area contributed by atoms with Crippen molar-refractivity contribution in [3.05, 3.63) is 101 Å². The Morgan fingerprint density at radius 1 is 1.10 bits per heavy atom. The number of fused-ring (bicyclic) bond motifs is 1. The van der Waals surface area contributed by atoms with Crippen molar-refractivity contribution in [1.82, 2.24) is 15.3 Å². The number of hydrogen-bond donors (Lipinski definition) is 2. The minimum Gasteiger partial charge on any atom is -0.487 e. The standard InChI is InChI=1S/C28H22ClFN4O3S.CH4/c1-31-24(15-38-35)27-10-9-25(37-27)18-5-7-23-21(12-18)28(33-16-32-23)34-20-6-8-26(22(29)13-20)36-14-17-3-2-4-19(30)11-17;/h2-13,15-16,24,31H,14H2,1H3,(H,32,33,34);1H4. The Hall–Kier alpha value is -4.05. The summed E-state index contributed by atoms with van der Waals surface area (Å²) in [4.78, 5) is 8.80. The van der Waals surface area contributed by atoms with Gasteiger partial charge in [-0.1, -0.05) is 31.2 Å². The first kappa shape index (κ1) is 28.0. The summed E-state index contributed by atoms with van der Waals surface area (Å²) in [7, 11) is 1.76. The van der Waals surface area contributed by atoms with Crippen LogP contribution >= 0.6 is 11.6 Å². The van der Waals surface area contributed by atoms with Crippen LogP contribution in [0.5, 0.6) is 5.75 Å². The Bertz CT molecular complexity index is 1660. The molecule has 0 saturated carbocycles. The second-order valence-electron chi connectivity index (χ2n) is 8.34. The van der Waals surface area contributed by atoms with E-state index in [1.54, 1.807) is 31.3 Å². The lowest BCUT2D eigenvalue weighted by Crippen LogP contribution is -2.16. The van der Waals surface area contributed by atoms with E-state index in [2.05, 4.69) is 20.6 Å². The summed E-state index contributed by atoms with van der Waals surface area (Å²) in [6.45, 7) is 0.195. The molecule has 5 aromatic rings. The Kier molecular flexibility index (Phi) is 9.08. The van der Waals surface area contributed by atoms with Crippen molar-refractivity contribution in [1.29, 1.82) is 0 Å². The lowest BCUT2D eigenvalue weighted by molar-refractivity contribution is 0.306. The summed E-state index contributed by atoms with van der Waals surface area (Å²) >= 11 is 6.86. The van der Waals surface area contributed by atoms with E-state index < -0.39 is 0 Å². The van der Waals surface area contributed by atoms with Crippen molar-refractivity contribution in [3.8, 4) is 17.1 Å². The molecule has 10 heteroatoms. The van der Waals surface area contributed by atoms with Crippen molar-refractivity contribution < 1.29 is 17.8 Å². The molecule has 3 aromatic carbocycles. The molecule has 0 spiro atoms. The predicted molar refractivity (Wildman–Crippen MR) is 155 cm³/mol. The summed E-state index contributed by atoms with van der Waals surface area (Å²) in [5.41, 5.74) is 3.01. The zero-order valence-corrected chi connectivity index (χ0v) is 21.7. The molecule has 2 heterocycles. The van der Waals surface area contributed by atoms with Gasteiger partial charge in [-0.25, -0.2) is 18.6 Å². The molecule has 200 valence electrons. The second-order valence-corrected chi connectivity index (χ2v) is 9.22. The van der Waals surface area contributed by atoms with Crippen LogP contribution in [-0.4, -0.2) is 26.6 Å². The second kappa shape index (κ2) is 12.7. The number of anilines is 2. The van der Waals surface area contributed by atoms with Crippen LogP contribution in [0.4, 0.5) is 15.9 Å². The van der Waals surface area contributed by atoms with Crippen LogP contribution in [-0.2, 0) is 17.9 Å². The predicted octanol–water partition coefficient (Wildman–Crippen LogP) is 6.92. The maximum atomic E-state index is 13.4. The molecule has 0 amide bonds. The number of furan rings is 1. The quantitative estimate of drug-likeness (QED) is 0.188. The molecule has 0 bridgehead atoms. The van der Waals surface area contributed by atoms with Crippen molar-refractivity contribution in [2.75, 3.05) is 12.4 Å². The molecule has 7 nitrogen and oxygen atoms in total. The average molecular weight is 565 g/mol. The largest absolute Gasteiger partial charge is 0.487 e. The van der Waals surface area contributed by atoms with E-state index in [0.29, 0.717) is 50.6 Å². The molecule has 0 aliphatic rings. The molecule has 39 heavy (non-hydrogen) atoms. The lowest BCUT2D eigenvalue weighted by Gasteiger charge is -2.12. The summed E-state index contributed by atoms with van der Waals surface area (Å²) in [5, 5.41) is 9.06. The van der Waals surface area contributed by atoms with Gasteiger partial charge in [0.1, 0.15) is 41.8 Å². The van der Waals surface area contributed by atoms with Gasteiger partial charge in [-0.05, 0) is 73.3 Å². The number of nitrogens with zero attached hydrogens (tertiary/aromatic N) is 2. The fraction of sp³-hybridized carbons (Fsp3) is 0.138. The maximum absolute atomic E-state index is 13.4. The third-order valence-corrected chi connectivity index (χ3v) is 6.51. The smallest absolute Gasteiger partial charge is 0.141 e. The molecule has 0 saturated heterocycles. The van der Waals surface area contributed by atoms with Crippen molar-refractivity contribution in [3.63, 3.8) is 0 Å². The molecule has 0 fully saturated rings. The van der Waals surface area contributed by atoms with Crippen LogP contribution in [0, 0.1) is 5.82 Å². The molecule has 2 aromatic heterocycles. The van der Waals surface area contributed by atoms with Gasteiger partial charge < -0.3 is 19.8 Å². The summed E-state index contributed by atoms with van der Waals surface area (Å²) in [6.07, 6.45) is 1.49. The molecular formula is C29H26ClFN4O3S. The van der Waals surface area contributed by atoms with Gasteiger partial charge in [-0.15, -0.1) is 0 Å². The fourth-order valence-electron chi connectivity index (χ4n) is 3.94. The van der Waals surface area contributed by atoms with Crippen molar-refractivity contribution >= 4 is 50.6 Å². The first-order valence-corrected chi connectivity index (χ1v) is 12.8. The number of aromatic nitrogens is 2. The number of nitrogens with one attached hydrogen (secondary N) is 2. The van der Waals surface area contributed by atoms with Crippen LogP contribution in [0.25, 0.3) is 22.2 Å². The molecule has 0 aliphatic heterocycles. The van der Waals surface area contributed by atoms with Crippen LogP contribution in [0.15, 0.2) is 83.5 Å². The maximum Gasteiger partial charge on any atom is 0.141 e. The van der Waals surface area contributed by atoms with E-state index in [4.69, 9.17) is 20.8 Å². The third-order valence-electron chi connectivity index (χ3n) is 5.83. The van der Waals surface area contributed by atoms with Gasteiger partial charge in [0.2, 0.25) is 0 Å². The van der Waals surface area contributed by atoms with E-state index in [9.17, 15) is 8.60 Å². The van der Waals surface area contributed by atoms with E-state index in [-0.39, 0.29) is 25.9 Å². The Morgan fingerprint density at radius 3 is 2.74 bits per heavy atom. The highest BCUT2D eigenvalue weighted by atomic mass is 35.5. The van der Waals surface area contributed by atoms with Crippen LogP contribution in [0.1, 0.15) is 24.8 Å². The highest BCUT2D eigenvalue weighted by molar-refractivity contribution is 7.64. The van der Waals surface area contributed by atoms with Crippen LogP contribution < -0.4 is 15.4 Å². The number of halogens is 2. The van der Waals surface area contributed by atoms with Gasteiger partial charge in [0.05, 0.1) is 27.8 Å². The zero-order valence-electron chi connectivity index (χ0n) is 20.2. The molecule has 0 aliphatic carbocycles. The van der Waals surface area contributed by atoms with Gasteiger partial charge in [0, 0.05) is 22.0 Å². The topological polar surface area (TPSA) is 89.3 Å². The zero-order chi connectivity index (χ0) is 26.5. The van der Waals surface area contributed by atoms with E-state index in [1.165, 1.54) is 23.8 Å². The Morgan fingerprint density at radius 2 is 1.97 bits per heavy atom.